The van der Waals surface area contributed by atoms with Crippen molar-refractivity contribution in [3.05, 3.63) is 24.2 Å². The average molecular weight is 199 g/mol. The van der Waals surface area contributed by atoms with Gasteiger partial charge in [0.2, 0.25) is 0 Å². The molecule has 3 nitrogen and oxygen atoms in total. The van der Waals surface area contributed by atoms with Crippen LogP contribution in [0.3, 0.4) is 0 Å². The molecule has 0 aliphatic carbocycles. The van der Waals surface area contributed by atoms with Crippen LogP contribution in [0.4, 0.5) is 0 Å². The number of hydrogen-bond acceptors (Lipinski definition) is 2. The van der Waals surface area contributed by atoms with Gasteiger partial charge in [0.05, 0.1) is 17.3 Å². The first-order chi connectivity index (χ1) is 6.00. The summed E-state index contributed by atoms with van der Waals surface area (Å²) in [4.78, 5) is 0. The smallest absolute Gasteiger partial charge is 0.144 e. The summed E-state index contributed by atoms with van der Waals surface area (Å²) in [6.45, 7) is 5.65. The number of rotatable bonds is 2. The van der Waals surface area contributed by atoms with E-state index >= 15 is 0 Å². The van der Waals surface area contributed by atoms with Gasteiger partial charge in [0.1, 0.15) is 11.0 Å². The molecule has 1 rings (SSSR count). The van der Waals surface area contributed by atoms with Gasteiger partial charge in [-0.3, -0.25) is 0 Å². The van der Waals surface area contributed by atoms with Crippen LogP contribution in [-0.4, -0.2) is 15.2 Å². The lowest BCUT2D eigenvalue weighted by Gasteiger charge is -2.12. The lowest BCUT2D eigenvalue weighted by Crippen LogP contribution is -2.19. The topological polar surface area (TPSA) is 42.6 Å². The minimum absolute atomic E-state index is 0.305. The molecule has 0 spiro atoms. The van der Waals surface area contributed by atoms with E-state index in [4.69, 9.17) is 4.42 Å². The van der Waals surface area contributed by atoms with Crippen molar-refractivity contribution in [2.24, 2.45) is 4.40 Å². The van der Waals surface area contributed by atoms with E-state index in [1.807, 2.05) is 20.8 Å². The summed E-state index contributed by atoms with van der Waals surface area (Å²) in [5, 5.41) is 0. The molecule has 1 heterocycles. The van der Waals surface area contributed by atoms with Gasteiger partial charge in [0.15, 0.2) is 0 Å². The van der Waals surface area contributed by atoms with Crippen LogP contribution in [0, 0.1) is 0 Å². The van der Waals surface area contributed by atoms with Crippen molar-refractivity contribution in [2.45, 2.75) is 25.5 Å². The lowest BCUT2D eigenvalue weighted by molar-refractivity contribution is 0.567. The van der Waals surface area contributed by atoms with Crippen LogP contribution in [0.2, 0.25) is 0 Å². The molecule has 72 valence electrons. The van der Waals surface area contributed by atoms with Crippen LogP contribution in [0.1, 0.15) is 26.3 Å². The Morgan fingerprint density at radius 3 is 2.69 bits per heavy atom. The summed E-state index contributed by atoms with van der Waals surface area (Å²) in [5.74, 6) is 0. The highest BCUT2D eigenvalue weighted by molar-refractivity contribution is 7.85. The van der Waals surface area contributed by atoms with E-state index in [9.17, 15) is 4.21 Å². The molecule has 0 saturated heterocycles. The third kappa shape index (κ3) is 3.14. The summed E-state index contributed by atoms with van der Waals surface area (Å²) in [7, 11) is -1.19. The van der Waals surface area contributed by atoms with Crippen molar-refractivity contribution in [1.82, 2.24) is 0 Å². The van der Waals surface area contributed by atoms with Crippen LogP contribution in [0.25, 0.3) is 0 Å². The molecular formula is C9H13NO2S. The van der Waals surface area contributed by atoms with E-state index in [-0.39, 0.29) is 4.75 Å². The highest BCUT2D eigenvalue weighted by Crippen LogP contribution is 2.12. The molecule has 0 aliphatic rings. The van der Waals surface area contributed by atoms with E-state index in [0.29, 0.717) is 0 Å². The average Bonchev–Trinajstić information content (AvgIpc) is 2.50. The third-order valence-corrected chi connectivity index (χ3v) is 2.71. The Morgan fingerprint density at radius 1 is 1.54 bits per heavy atom. The minimum atomic E-state index is -1.19. The summed E-state index contributed by atoms with van der Waals surface area (Å²) in [6, 6.07) is 1.77. The van der Waals surface area contributed by atoms with E-state index in [1.165, 1.54) is 0 Å². The highest BCUT2D eigenvalue weighted by Gasteiger charge is 2.17. The Labute approximate surface area is 80.5 Å². The van der Waals surface area contributed by atoms with Gasteiger partial charge in [-0.05, 0) is 26.8 Å². The molecule has 0 radical (unpaired) electrons. The zero-order valence-electron chi connectivity index (χ0n) is 7.98. The molecule has 1 aromatic heterocycles. The molecule has 0 amide bonds. The molecule has 13 heavy (non-hydrogen) atoms. The Balaban J connectivity index is 2.65. The summed E-state index contributed by atoms with van der Waals surface area (Å²) < 4.78 is 19.9. The maximum absolute atomic E-state index is 11.4. The zero-order chi connectivity index (χ0) is 9.90. The van der Waals surface area contributed by atoms with Gasteiger partial charge in [0, 0.05) is 11.8 Å². The van der Waals surface area contributed by atoms with Crippen LogP contribution < -0.4 is 0 Å². The molecule has 0 saturated carbocycles. The summed E-state index contributed by atoms with van der Waals surface area (Å²) in [6.07, 6.45) is 4.68. The lowest BCUT2D eigenvalue weighted by atomic mass is 10.3. The molecular weight excluding hydrogens is 186 g/mol. The first kappa shape index (κ1) is 10.2. The van der Waals surface area contributed by atoms with Gasteiger partial charge in [-0.15, -0.1) is 0 Å². The fraction of sp³-hybridized carbons (Fsp3) is 0.444. The standard InChI is InChI=1S/C9H13NO2S/c1-9(2,3)13(11)10-6-8-4-5-12-7-8/h4-7H,1-3H3/b10-6+/t13-/m1/s1. The van der Waals surface area contributed by atoms with Gasteiger partial charge in [-0.2, -0.15) is 4.40 Å². The van der Waals surface area contributed by atoms with Crippen LogP contribution in [0.5, 0.6) is 0 Å². The summed E-state index contributed by atoms with van der Waals surface area (Å²) >= 11 is 0. The van der Waals surface area contributed by atoms with Crippen molar-refractivity contribution < 1.29 is 8.63 Å². The van der Waals surface area contributed by atoms with Crippen molar-refractivity contribution in [1.29, 1.82) is 0 Å². The second-order valence-corrected chi connectivity index (χ2v) is 5.59. The van der Waals surface area contributed by atoms with Crippen LogP contribution in [-0.2, 0) is 11.0 Å². The molecule has 1 aromatic rings. The predicted octanol–water partition coefficient (Wildman–Crippen LogP) is 2.16. The second-order valence-electron chi connectivity index (χ2n) is 3.65. The number of nitrogens with zero attached hydrogens (tertiary/aromatic N) is 1. The van der Waals surface area contributed by atoms with Gasteiger partial charge in [-0.25, -0.2) is 4.21 Å². The minimum Gasteiger partial charge on any atom is -0.472 e. The normalized spacial score (nSPS) is 15.0. The van der Waals surface area contributed by atoms with E-state index in [1.54, 1.807) is 24.8 Å². The monoisotopic (exact) mass is 199 g/mol. The van der Waals surface area contributed by atoms with Gasteiger partial charge in [-0.1, -0.05) is 0 Å². The molecule has 0 aliphatic heterocycles. The molecule has 0 fully saturated rings. The van der Waals surface area contributed by atoms with E-state index in [0.717, 1.165) is 5.56 Å². The highest BCUT2D eigenvalue weighted by atomic mass is 32.2. The zero-order valence-corrected chi connectivity index (χ0v) is 8.80. The van der Waals surface area contributed by atoms with Crippen molar-refractivity contribution >= 4 is 17.2 Å². The maximum atomic E-state index is 11.4. The van der Waals surface area contributed by atoms with Crippen LogP contribution >= 0.6 is 0 Å². The first-order valence-electron chi connectivity index (χ1n) is 3.98. The molecule has 0 unspecified atom stereocenters. The van der Waals surface area contributed by atoms with Gasteiger partial charge >= 0.3 is 0 Å². The second kappa shape index (κ2) is 3.87. The van der Waals surface area contributed by atoms with Crippen molar-refractivity contribution in [3.63, 3.8) is 0 Å². The Morgan fingerprint density at radius 2 is 2.23 bits per heavy atom. The van der Waals surface area contributed by atoms with E-state index in [2.05, 4.69) is 4.40 Å². The number of hydrogen-bond donors (Lipinski definition) is 0. The molecule has 0 aromatic carbocycles. The maximum Gasteiger partial charge on any atom is 0.144 e. The van der Waals surface area contributed by atoms with Crippen LogP contribution in [0.15, 0.2) is 27.4 Å². The van der Waals surface area contributed by atoms with Crippen molar-refractivity contribution in [2.75, 3.05) is 0 Å². The molecule has 0 bridgehead atoms. The third-order valence-electron chi connectivity index (χ3n) is 1.36. The Hall–Kier alpha value is -0.900. The fourth-order valence-corrected chi connectivity index (χ4v) is 1.15. The fourth-order valence-electron chi connectivity index (χ4n) is 0.615. The number of furan rings is 1. The Kier molecular flexibility index (Phi) is 3.03. The largest absolute Gasteiger partial charge is 0.472 e. The predicted molar refractivity (Wildman–Crippen MR) is 54.2 cm³/mol. The van der Waals surface area contributed by atoms with Gasteiger partial charge < -0.3 is 4.42 Å². The molecule has 0 N–H and O–H groups in total. The molecule has 4 heteroatoms. The van der Waals surface area contributed by atoms with Crippen molar-refractivity contribution in [3.8, 4) is 0 Å². The summed E-state index contributed by atoms with van der Waals surface area (Å²) in [5.41, 5.74) is 0.831. The van der Waals surface area contributed by atoms with Gasteiger partial charge in [0.25, 0.3) is 0 Å². The SMILES string of the molecule is CC(C)(C)[S@@](=O)/N=C/c1ccoc1. The Bertz CT molecular complexity index is 309. The quantitative estimate of drug-likeness (QED) is 0.685. The first-order valence-corrected chi connectivity index (χ1v) is 5.09. The molecule has 1 atom stereocenters. The van der Waals surface area contributed by atoms with E-state index < -0.39 is 11.0 Å².